The molecule has 2 aromatic carbocycles. The summed E-state index contributed by atoms with van der Waals surface area (Å²) >= 11 is 0. The van der Waals surface area contributed by atoms with Crippen molar-refractivity contribution in [2.75, 3.05) is 6.61 Å². The van der Waals surface area contributed by atoms with E-state index >= 15 is 0 Å². The minimum atomic E-state index is -0.106. The van der Waals surface area contributed by atoms with E-state index < -0.39 is 0 Å². The van der Waals surface area contributed by atoms with Gasteiger partial charge in [0.15, 0.2) is 6.29 Å². The van der Waals surface area contributed by atoms with Crippen molar-refractivity contribution in [2.24, 2.45) is 0 Å². The summed E-state index contributed by atoms with van der Waals surface area (Å²) in [5.41, 5.74) is 2.37. The molecule has 3 rings (SSSR count). The molecule has 1 fully saturated rings. The van der Waals surface area contributed by atoms with Crippen LogP contribution >= 0.6 is 0 Å². The van der Waals surface area contributed by atoms with Crippen LogP contribution in [0.3, 0.4) is 0 Å². The summed E-state index contributed by atoms with van der Waals surface area (Å²) in [5.74, 6) is 0. The molecular formula is C19H22O3. The van der Waals surface area contributed by atoms with Gasteiger partial charge >= 0.3 is 0 Å². The summed E-state index contributed by atoms with van der Waals surface area (Å²) in [6, 6.07) is 20.4. The van der Waals surface area contributed by atoms with E-state index in [1.807, 2.05) is 36.4 Å². The molecule has 1 aliphatic heterocycles. The molecule has 2 atom stereocenters. The predicted octanol–water partition coefficient (Wildman–Crippen LogP) is 3.93. The lowest BCUT2D eigenvalue weighted by atomic mass is 10.2. The van der Waals surface area contributed by atoms with Crippen molar-refractivity contribution in [3.63, 3.8) is 0 Å². The highest BCUT2D eigenvalue weighted by Gasteiger charge is 2.25. The van der Waals surface area contributed by atoms with Crippen molar-refractivity contribution >= 4 is 0 Å². The maximum Gasteiger partial charge on any atom is 0.158 e. The number of benzene rings is 2. The Balaban J connectivity index is 1.34. The fraction of sp³-hybridized carbons (Fsp3) is 0.368. The monoisotopic (exact) mass is 298 g/mol. The number of rotatable bonds is 7. The molecule has 1 saturated heterocycles. The van der Waals surface area contributed by atoms with Crippen LogP contribution < -0.4 is 0 Å². The zero-order chi connectivity index (χ0) is 15.0. The first-order valence-electron chi connectivity index (χ1n) is 7.83. The lowest BCUT2D eigenvalue weighted by molar-refractivity contribution is -0.151. The molecule has 22 heavy (non-hydrogen) atoms. The van der Waals surface area contributed by atoms with Crippen molar-refractivity contribution in [3.05, 3.63) is 71.8 Å². The van der Waals surface area contributed by atoms with E-state index in [1.165, 1.54) is 11.1 Å². The van der Waals surface area contributed by atoms with Gasteiger partial charge in [0, 0.05) is 6.42 Å². The largest absolute Gasteiger partial charge is 0.374 e. The van der Waals surface area contributed by atoms with E-state index in [0.717, 1.165) is 12.8 Å². The maximum atomic E-state index is 5.87. The quantitative estimate of drug-likeness (QED) is 0.775. The standard InChI is InChI=1S/C19H22O3/c1-3-7-16(8-4-1)13-20-15-18-11-12-19(22-18)21-14-17-9-5-2-6-10-17/h1-10,18-19H,11-15H2. The van der Waals surface area contributed by atoms with E-state index in [1.54, 1.807) is 0 Å². The van der Waals surface area contributed by atoms with Gasteiger partial charge in [0.1, 0.15) is 0 Å². The molecule has 2 aromatic rings. The van der Waals surface area contributed by atoms with Gasteiger partial charge < -0.3 is 14.2 Å². The third kappa shape index (κ3) is 4.67. The van der Waals surface area contributed by atoms with E-state index in [9.17, 15) is 0 Å². The van der Waals surface area contributed by atoms with Crippen LogP contribution in [0, 0.1) is 0 Å². The second-order valence-electron chi connectivity index (χ2n) is 5.56. The van der Waals surface area contributed by atoms with Crippen LogP contribution in [-0.2, 0) is 27.4 Å². The van der Waals surface area contributed by atoms with Crippen LogP contribution in [0.15, 0.2) is 60.7 Å². The SMILES string of the molecule is c1ccc(COCC2CCC(OCc3ccccc3)O2)cc1. The maximum absolute atomic E-state index is 5.87. The molecule has 0 saturated carbocycles. The van der Waals surface area contributed by atoms with Crippen molar-refractivity contribution in [3.8, 4) is 0 Å². The highest BCUT2D eigenvalue weighted by Crippen LogP contribution is 2.22. The Morgan fingerprint density at radius 3 is 2.14 bits per heavy atom. The van der Waals surface area contributed by atoms with Crippen LogP contribution in [0.4, 0.5) is 0 Å². The van der Waals surface area contributed by atoms with Gasteiger partial charge in [-0.25, -0.2) is 0 Å². The first-order valence-corrected chi connectivity index (χ1v) is 7.83. The summed E-state index contributed by atoms with van der Waals surface area (Å²) in [6.07, 6.45) is 1.97. The molecule has 0 aromatic heterocycles. The van der Waals surface area contributed by atoms with E-state index in [4.69, 9.17) is 14.2 Å². The lowest BCUT2D eigenvalue weighted by Crippen LogP contribution is -2.18. The van der Waals surface area contributed by atoms with Gasteiger partial charge in [-0.1, -0.05) is 60.7 Å². The number of hydrogen-bond acceptors (Lipinski definition) is 3. The molecule has 116 valence electrons. The van der Waals surface area contributed by atoms with Gasteiger partial charge in [-0.05, 0) is 17.5 Å². The van der Waals surface area contributed by atoms with Crippen LogP contribution in [0.5, 0.6) is 0 Å². The van der Waals surface area contributed by atoms with Crippen LogP contribution in [0.25, 0.3) is 0 Å². The Morgan fingerprint density at radius 2 is 1.45 bits per heavy atom. The van der Waals surface area contributed by atoms with Crippen molar-refractivity contribution < 1.29 is 14.2 Å². The van der Waals surface area contributed by atoms with E-state index in [-0.39, 0.29) is 12.4 Å². The van der Waals surface area contributed by atoms with Crippen molar-refractivity contribution in [1.29, 1.82) is 0 Å². The predicted molar refractivity (Wildman–Crippen MR) is 85.2 cm³/mol. The molecule has 2 unspecified atom stereocenters. The molecule has 1 aliphatic rings. The highest BCUT2D eigenvalue weighted by atomic mass is 16.7. The van der Waals surface area contributed by atoms with Gasteiger partial charge in [0.05, 0.1) is 25.9 Å². The Bertz CT molecular complexity index is 541. The average molecular weight is 298 g/mol. The van der Waals surface area contributed by atoms with Crippen LogP contribution in [0.1, 0.15) is 24.0 Å². The third-order valence-corrected chi connectivity index (χ3v) is 3.76. The molecule has 1 heterocycles. The average Bonchev–Trinajstić information content (AvgIpc) is 3.03. The normalized spacial score (nSPS) is 21.1. The van der Waals surface area contributed by atoms with Gasteiger partial charge in [0.25, 0.3) is 0 Å². The fourth-order valence-electron chi connectivity index (χ4n) is 2.56. The number of hydrogen-bond donors (Lipinski definition) is 0. The highest BCUT2D eigenvalue weighted by molar-refractivity contribution is 5.14. The smallest absolute Gasteiger partial charge is 0.158 e. The van der Waals surface area contributed by atoms with Gasteiger partial charge in [-0.2, -0.15) is 0 Å². The summed E-state index contributed by atoms with van der Waals surface area (Å²) in [6.45, 7) is 1.86. The Labute approximate surface area is 131 Å². The Hall–Kier alpha value is -1.68. The molecule has 0 amide bonds. The van der Waals surface area contributed by atoms with Crippen molar-refractivity contribution in [1.82, 2.24) is 0 Å². The van der Waals surface area contributed by atoms with Crippen LogP contribution in [-0.4, -0.2) is 19.0 Å². The summed E-state index contributed by atoms with van der Waals surface area (Å²) in [7, 11) is 0. The number of ether oxygens (including phenoxy) is 3. The van der Waals surface area contributed by atoms with E-state index in [0.29, 0.717) is 19.8 Å². The molecule has 0 radical (unpaired) electrons. The molecule has 3 nitrogen and oxygen atoms in total. The lowest BCUT2D eigenvalue weighted by Gasteiger charge is -2.15. The van der Waals surface area contributed by atoms with E-state index in [2.05, 4.69) is 24.3 Å². The minimum Gasteiger partial charge on any atom is -0.374 e. The van der Waals surface area contributed by atoms with Crippen molar-refractivity contribution in [2.45, 2.75) is 38.4 Å². The van der Waals surface area contributed by atoms with Gasteiger partial charge in [0.2, 0.25) is 0 Å². The molecule has 0 aliphatic carbocycles. The minimum absolute atomic E-state index is 0.106. The molecule has 3 heteroatoms. The second kappa shape index (κ2) is 8.08. The summed E-state index contributed by atoms with van der Waals surface area (Å²) in [4.78, 5) is 0. The molecule has 0 N–H and O–H groups in total. The third-order valence-electron chi connectivity index (χ3n) is 3.76. The molecular weight excluding hydrogens is 276 g/mol. The zero-order valence-electron chi connectivity index (χ0n) is 12.7. The second-order valence-corrected chi connectivity index (χ2v) is 5.56. The van der Waals surface area contributed by atoms with Crippen LogP contribution in [0.2, 0.25) is 0 Å². The Morgan fingerprint density at radius 1 is 0.818 bits per heavy atom. The zero-order valence-corrected chi connectivity index (χ0v) is 12.7. The summed E-state index contributed by atoms with van der Waals surface area (Å²) in [5, 5.41) is 0. The first-order chi connectivity index (χ1) is 10.9. The topological polar surface area (TPSA) is 27.7 Å². The Kier molecular flexibility index (Phi) is 5.59. The molecule has 0 spiro atoms. The molecule has 0 bridgehead atoms. The fourth-order valence-corrected chi connectivity index (χ4v) is 2.56. The first kappa shape index (κ1) is 15.2. The van der Waals surface area contributed by atoms with Gasteiger partial charge in [-0.15, -0.1) is 0 Å². The summed E-state index contributed by atoms with van der Waals surface area (Å²) < 4.78 is 17.4. The van der Waals surface area contributed by atoms with Gasteiger partial charge in [-0.3, -0.25) is 0 Å².